The van der Waals surface area contributed by atoms with E-state index in [9.17, 15) is 13.2 Å². The van der Waals surface area contributed by atoms with Gasteiger partial charge in [-0.15, -0.1) is 0 Å². The van der Waals surface area contributed by atoms with Gasteiger partial charge < -0.3 is 5.32 Å². The van der Waals surface area contributed by atoms with E-state index >= 15 is 0 Å². The molecule has 0 unspecified atom stereocenters. The van der Waals surface area contributed by atoms with Crippen molar-refractivity contribution in [2.24, 2.45) is 0 Å². The van der Waals surface area contributed by atoms with Gasteiger partial charge in [-0.3, -0.25) is 0 Å². The number of nitrogens with zero attached hydrogens (tertiary/aromatic N) is 2. The summed E-state index contributed by atoms with van der Waals surface area (Å²) < 4.78 is 41.5. The summed E-state index contributed by atoms with van der Waals surface area (Å²) in [5.74, 6) is -0.698. The van der Waals surface area contributed by atoms with Crippen LogP contribution in [0.25, 0.3) is 5.69 Å². The van der Waals surface area contributed by atoms with Crippen LogP contribution in [0.3, 0.4) is 0 Å². The predicted molar refractivity (Wildman–Crippen MR) is 75.5 cm³/mol. The van der Waals surface area contributed by atoms with E-state index in [1.54, 1.807) is 0 Å². The first-order valence-corrected chi connectivity index (χ1v) is 6.82. The minimum absolute atomic E-state index is 0.0309. The number of hydrogen-bond donors (Lipinski definition) is 1. The Morgan fingerprint density at radius 2 is 2.05 bits per heavy atom. The maximum atomic E-state index is 13.9. The number of hydrogen-bond acceptors (Lipinski definition) is 2. The molecule has 0 saturated carbocycles. The summed E-state index contributed by atoms with van der Waals surface area (Å²) in [6, 6.07) is 4.14. The molecule has 0 aliphatic carbocycles. The van der Waals surface area contributed by atoms with Crippen LogP contribution >= 0.6 is 11.6 Å². The topological polar surface area (TPSA) is 29.9 Å². The average molecular weight is 318 g/mol. The van der Waals surface area contributed by atoms with Gasteiger partial charge in [-0.05, 0) is 12.1 Å². The number of halogens is 4. The molecule has 1 aromatic carbocycles. The highest BCUT2D eigenvalue weighted by atomic mass is 35.5. The smallest absolute Gasteiger partial charge is 0.280 e. The summed E-state index contributed by atoms with van der Waals surface area (Å²) in [6.45, 7) is 4.03. The van der Waals surface area contributed by atoms with Crippen molar-refractivity contribution in [3.8, 4) is 5.69 Å². The molecule has 21 heavy (non-hydrogen) atoms. The third kappa shape index (κ3) is 3.39. The second-order valence-corrected chi connectivity index (χ2v) is 5.28. The van der Waals surface area contributed by atoms with Crippen molar-refractivity contribution in [3.05, 3.63) is 46.5 Å². The van der Waals surface area contributed by atoms with Crippen LogP contribution in [-0.2, 0) is 6.54 Å². The number of benzene rings is 1. The lowest BCUT2D eigenvalue weighted by Crippen LogP contribution is -2.22. The van der Waals surface area contributed by atoms with Gasteiger partial charge in [0.05, 0.1) is 11.2 Å². The lowest BCUT2D eigenvalue weighted by Gasteiger charge is -2.12. The Labute approximate surface area is 125 Å². The Kier molecular flexibility index (Phi) is 4.90. The van der Waals surface area contributed by atoms with Crippen molar-refractivity contribution in [2.45, 2.75) is 32.9 Å². The SMILES string of the molecule is CC(C)NCc1cnn(-c2c(F)cccc2Cl)c1C(F)F. The van der Waals surface area contributed by atoms with Crippen LogP contribution in [0, 0.1) is 5.82 Å². The highest BCUT2D eigenvalue weighted by molar-refractivity contribution is 6.32. The number of rotatable bonds is 5. The number of aromatic nitrogens is 2. The maximum Gasteiger partial charge on any atom is 0.280 e. The molecular formula is C14H15ClF3N3. The van der Waals surface area contributed by atoms with Crippen LogP contribution in [0.2, 0.25) is 5.02 Å². The van der Waals surface area contributed by atoms with Gasteiger partial charge in [-0.2, -0.15) is 5.10 Å². The third-order valence-electron chi connectivity index (χ3n) is 2.94. The van der Waals surface area contributed by atoms with Gasteiger partial charge in [-0.25, -0.2) is 17.9 Å². The Bertz CT molecular complexity index is 606. The molecule has 0 radical (unpaired) electrons. The minimum atomic E-state index is -2.79. The molecular weight excluding hydrogens is 303 g/mol. The van der Waals surface area contributed by atoms with Crippen molar-refractivity contribution < 1.29 is 13.2 Å². The summed E-state index contributed by atoms with van der Waals surface area (Å²) in [6.07, 6.45) is -1.48. The molecule has 0 bridgehead atoms. The van der Waals surface area contributed by atoms with Crippen molar-refractivity contribution in [1.29, 1.82) is 0 Å². The Morgan fingerprint density at radius 3 is 2.62 bits per heavy atom. The molecule has 0 saturated heterocycles. The fraction of sp³-hybridized carbons (Fsp3) is 0.357. The number of nitrogens with one attached hydrogen (secondary N) is 1. The quantitative estimate of drug-likeness (QED) is 0.899. The Morgan fingerprint density at radius 1 is 1.33 bits per heavy atom. The van der Waals surface area contributed by atoms with E-state index < -0.39 is 12.2 Å². The molecule has 1 N–H and O–H groups in total. The van der Waals surface area contributed by atoms with Gasteiger partial charge in [0, 0.05) is 18.2 Å². The van der Waals surface area contributed by atoms with E-state index in [-0.39, 0.29) is 29.0 Å². The van der Waals surface area contributed by atoms with E-state index in [4.69, 9.17) is 11.6 Å². The van der Waals surface area contributed by atoms with E-state index in [0.717, 1.165) is 10.7 Å². The summed E-state index contributed by atoms with van der Waals surface area (Å²) in [7, 11) is 0. The Balaban J connectivity index is 2.50. The van der Waals surface area contributed by atoms with Crippen LogP contribution in [0.4, 0.5) is 13.2 Å². The lowest BCUT2D eigenvalue weighted by molar-refractivity contribution is 0.141. The fourth-order valence-electron chi connectivity index (χ4n) is 1.94. The van der Waals surface area contributed by atoms with Crippen molar-refractivity contribution in [3.63, 3.8) is 0 Å². The Hall–Kier alpha value is -1.53. The molecule has 1 aromatic heterocycles. The molecule has 0 atom stereocenters. The highest BCUT2D eigenvalue weighted by Gasteiger charge is 2.23. The van der Waals surface area contributed by atoms with E-state index in [0.29, 0.717) is 5.56 Å². The van der Waals surface area contributed by atoms with Gasteiger partial charge in [-0.1, -0.05) is 31.5 Å². The van der Waals surface area contributed by atoms with Crippen molar-refractivity contribution >= 4 is 11.6 Å². The predicted octanol–water partition coefficient (Wildman–Crippen LogP) is 4.10. The molecule has 1 heterocycles. The van der Waals surface area contributed by atoms with Gasteiger partial charge >= 0.3 is 0 Å². The van der Waals surface area contributed by atoms with Gasteiger partial charge in [0.2, 0.25) is 0 Å². The summed E-state index contributed by atoms with van der Waals surface area (Å²) in [5, 5.41) is 6.95. The molecule has 7 heteroatoms. The zero-order chi connectivity index (χ0) is 15.6. The first kappa shape index (κ1) is 15.9. The van der Waals surface area contributed by atoms with E-state index in [1.165, 1.54) is 18.3 Å². The van der Waals surface area contributed by atoms with Crippen molar-refractivity contribution in [1.82, 2.24) is 15.1 Å². The van der Waals surface area contributed by atoms with Crippen LogP contribution in [-0.4, -0.2) is 15.8 Å². The zero-order valence-electron chi connectivity index (χ0n) is 11.6. The maximum absolute atomic E-state index is 13.9. The van der Waals surface area contributed by atoms with Crippen molar-refractivity contribution in [2.75, 3.05) is 0 Å². The zero-order valence-corrected chi connectivity index (χ0v) is 12.3. The van der Waals surface area contributed by atoms with E-state index in [2.05, 4.69) is 10.4 Å². The number of para-hydroxylation sites is 1. The lowest BCUT2D eigenvalue weighted by atomic mass is 10.2. The van der Waals surface area contributed by atoms with Crippen LogP contribution in [0.5, 0.6) is 0 Å². The second-order valence-electron chi connectivity index (χ2n) is 4.87. The standard InChI is InChI=1S/C14H15ClF3N3/c1-8(2)19-6-9-7-20-21(12(9)14(17)18)13-10(15)4-3-5-11(13)16/h3-5,7-8,14,19H,6H2,1-2H3. The molecule has 0 aliphatic rings. The van der Waals surface area contributed by atoms with Gasteiger partial charge in [0.15, 0.2) is 0 Å². The van der Waals surface area contributed by atoms with Gasteiger partial charge in [0.1, 0.15) is 17.2 Å². The third-order valence-corrected chi connectivity index (χ3v) is 3.25. The van der Waals surface area contributed by atoms with Gasteiger partial charge in [0.25, 0.3) is 6.43 Å². The molecule has 2 rings (SSSR count). The highest BCUT2D eigenvalue weighted by Crippen LogP contribution is 2.30. The first-order valence-electron chi connectivity index (χ1n) is 6.44. The molecule has 0 amide bonds. The summed E-state index contributed by atoms with van der Waals surface area (Å²) in [5.41, 5.74) is -0.196. The van der Waals surface area contributed by atoms with Crippen LogP contribution < -0.4 is 5.32 Å². The first-order chi connectivity index (χ1) is 9.91. The average Bonchev–Trinajstić information content (AvgIpc) is 2.80. The molecule has 0 aliphatic heterocycles. The molecule has 0 spiro atoms. The largest absolute Gasteiger partial charge is 0.310 e. The molecule has 2 aromatic rings. The second kappa shape index (κ2) is 6.49. The number of alkyl halides is 2. The van der Waals surface area contributed by atoms with Crippen LogP contribution in [0.15, 0.2) is 24.4 Å². The molecule has 114 valence electrons. The molecule has 0 fully saturated rings. The summed E-state index contributed by atoms with van der Waals surface area (Å²) in [4.78, 5) is 0. The summed E-state index contributed by atoms with van der Waals surface area (Å²) >= 11 is 5.92. The normalized spacial score (nSPS) is 11.6. The van der Waals surface area contributed by atoms with Crippen LogP contribution in [0.1, 0.15) is 31.5 Å². The fourth-order valence-corrected chi connectivity index (χ4v) is 2.19. The minimum Gasteiger partial charge on any atom is -0.310 e. The monoisotopic (exact) mass is 317 g/mol. The molecule has 3 nitrogen and oxygen atoms in total. The van der Waals surface area contributed by atoms with E-state index in [1.807, 2.05) is 13.8 Å².